The van der Waals surface area contributed by atoms with Gasteiger partial charge in [-0.15, -0.1) is 0 Å². The molecule has 0 spiro atoms. The molecular weight excluding hydrogens is 617 g/mol. The molecule has 51 heavy (non-hydrogen) atoms. The summed E-state index contributed by atoms with van der Waals surface area (Å²) in [6.45, 7) is 4.08. The van der Waals surface area contributed by atoms with E-state index in [1.165, 1.54) is 61.1 Å². The summed E-state index contributed by atoms with van der Waals surface area (Å²) in [5, 5.41) is 14.3. The van der Waals surface area contributed by atoms with Gasteiger partial charge in [0, 0.05) is 22.9 Å². The normalized spacial score (nSPS) is 11.3. The number of benzene rings is 8. The smallest absolute Gasteiger partial charge is 0.0550 e. The molecule has 2 nitrogen and oxygen atoms in total. The van der Waals surface area contributed by atoms with Crippen LogP contribution < -0.4 is 0 Å². The standard InChI is InChI=1S/C49H34N2/c1-2-46-45(32-50)44-31-38(29-30-47(44)51(46)39-15-7-4-8-16-39)35-23-21-33(22-24-35)34-25-27-37(28-26-34)49-42-19-11-9-17-40(42)48(36-13-5-3-6-14-36)41-18-10-12-20-43(41)49/h2-32,50H,1H2. The molecule has 0 fully saturated rings. The summed E-state index contributed by atoms with van der Waals surface area (Å²) in [6.07, 6.45) is 3.29. The van der Waals surface area contributed by atoms with Gasteiger partial charge in [-0.3, -0.25) is 0 Å². The van der Waals surface area contributed by atoms with Crippen LogP contribution in [0.2, 0.25) is 0 Å². The Balaban J connectivity index is 1.08. The SMILES string of the molecule is C=Cc1c(C=N)c2cc(-c3ccc(-c4ccc(-c5c6ccccc6c(-c6ccccc6)c6ccccc56)cc4)cc3)ccc2n1-c1ccccc1. The van der Waals surface area contributed by atoms with Gasteiger partial charge in [-0.1, -0.05) is 158 Å². The number of hydrogen-bond donors (Lipinski definition) is 1. The average molecular weight is 651 g/mol. The molecular formula is C49H34N2. The molecule has 1 heterocycles. The highest BCUT2D eigenvalue weighted by molar-refractivity contribution is 6.21. The van der Waals surface area contributed by atoms with Crippen LogP contribution in [0.1, 0.15) is 11.3 Å². The molecule has 1 aromatic heterocycles. The van der Waals surface area contributed by atoms with Gasteiger partial charge >= 0.3 is 0 Å². The molecule has 9 aromatic rings. The predicted molar refractivity (Wildman–Crippen MR) is 218 cm³/mol. The lowest BCUT2D eigenvalue weighted by molar-refractivity contribution is 1.11. The largest absolute Gasteiger partial charge is 0.309 e. The molecule has 0 aliphatic heterocycles. The monoisotopic (exact) mass is 650 g/mol. The van der Waals surface area contributed by atoms with Gasteiger partial charge in [0.05, 0.1) is 11.2 Å². The lowest BCUT2D eigenvalue weighted by Gasteiger charge is -2.18. The second-order valence-corrected chi connectivity index (χ2v) is 12.9. The van der Waals surface area contributed by atoms with E-state index in [4.69, 9.17) is 5.41 Å². The maximum Gasteiger partial charge on any atom is 0.0550 e. The Morgan fingerprint density at radius 3 is 1.31 bits per heavy atom. The molecule has 9 rings (SSSR count). The minimum atomic E-state index is 0.873. The molecule has 0 radical (unpaired) electrons. The van der Waals surface area contributed by atoms with Crippen LogP contribution in [-0.4, -0.2) is 10.8 Å². The van der Waals surface area contributed by atoms with Crippen LogP contribution in [0.3, 0.4) is 0 Å². The highest BCUT2D eigenvalue weighted by atomic mass is 15.0. The average Bonchev–Trinajstić information content (AvgIpc) is 3.53. The summed E-state index contributed by atoms with van der Waals surface area (Å²) in [5.41, 5.74) is 13.5. The summed E-state index contributed by atoms with van der Waals surface area (Å²) in [7, 11) is 0. The van der Waals surface area contributed by atoms with Crippen molar-refractivity contribution in [3.05, 3.63) is 194 Å². The third-order valence-corrected chi connectivity index (χ3v) is 10.1. The quantitative estimate of drug-likeness (QED) is 0.131. The summed E-state index contributed by atoms with van der Waals surface area (Å²) in [6, 6.07) is 62.9. The van der Waals surface area contributed by atoms with Gasteiger partial charge < -0.3 is 9.98 Å². The van der Waals surface area contributed by atoms with Crippen LogP contribution in [0.4, 0.5) is 0 Å². The van der Waals surface area contributed by atoms with Gasteiger partial charge in [-0.05, 0) is 96.4 Å². The molecule has 1 N–H and O–H groups in total. The zero-order valence-electron chi connectivity index (χ0n) is 28.1. The summed E-state index contributed by atoms with van der Waals surface area (Å²) in [4.78, 5) is 0. The number of nitrogens with zero attached hydrogens (tertiary/aromatic N) is 1. The van der Waals surface area contributed by atoms with E-state index in [2.05, 4.69) is 169 Å². The van der Waals surface area contributed by atoms with Crippen molar-refractivity contribution < 1.29 is 0 Å². The van der Waals surface area contributed by atoms with E-state index in [9.17, 15) is 0 Å². The van der Waals surface area contributed by atoms with Gasteiger partial charge in [0.25, 0.3) is 0 Å². The van der Waals surface area contributed by atoms with Gasteiger partial charge in [-0.25, -0.2) is 0 Å². The van der Waals surface area contributed by atoms with E-state index in [-0.39, 0.29) is 0 Å². The fourth-order valence-corrected chi connectivity index (χ4v) is 7.76. The first-order valence-corrected chi connectivity index (χ1v) is 17.3. The molecule has 0 atom stereocenters. The molecule has 0 saturated carbocycles. The van der Waals surface area contributed by atoms with Gasteiger partial charge in [0.1, 0.15) is 0 Å². The molecule has 0 aliphatic rings. The van der Waals surface area contributed by atoms with Crippen LogP contribution in [-0.2, 0) is 0 Å². The number of fused-ring (bicyclic) bond motifs is 3. The zero-order chi connectivity index (χ0) is 34.3. The first kappa shape index (κ1) is 30.3. The third kappa shape index (κ3) is 5.08. The van der Waals surface area contributed by atoms with Crippen LogP contribution in [0.5, 0.6) is 0 Å². The van der Waals surface area contributed by atoms with E-state index in [1.807, 2.05) is 24.3 Å². The van der Waals surface area contributed by atoms with E-state index >= 15 is 0 Å². The first-order chi connectivity index (χ1) is 25.2. The molecule has 8 aromatic carbocycles. The molecule has 0 aliphatic carbocycles. The van der Waals surface area contributed by atoms with Crippen molar-refractivity contribution in [2.24, 2.45) is 0 Å². The predicted octanol–water partition coefficient (Wildman–Crippen LogP) is 13.2. The molecule has 0 saturated heterocycles. The Kier molecular flexibility index (Phi) is 7.48. The Bertz CT molecular complexity index is 2680. The number of hydrogen-bond acceptors (Lipinski definition) is 1. The van der Waals surface area contributed by atoms with Crippen LogP contribution in [0, 0.1) is 5.41 Å². The fourth-order valence-electron chi connectivity index (χ4n) is 7.76. The molecule has 0 amide bonds. The van der Waals surface area contributed by atoms with Crippen LogP contribution in [0.25, 0.3) is 88.7 Å². The minimum Gasteiger partial charge on any atom is -0.309 e. The summed E-state index contributed by atoms with van der Waals surface area (Å²) >= 11 is 0. The molecule has 2 heteroatoms. The third-order valence-electron chi connectivity index (χ3n) is 10.1. The maximum atomic E-state index is 8.25. The number of rotatable bonds is 7. The van der Waals surface area contributed by atoms with Crippen molar-refractivity contribution in [1.29, 1.82) is 5.41 Å². The van der Waals surface area contributed by atoms with E-state index in [1.54, 1.807) is 0 Å². The van der Waals surface area contributed by atoms with Crippen molar-refractivity contribution in [1.82, 2.24) is 4.57 Å². The topological polar surface area (TPSA) is 28.8 Å². The Labute approximate surface area is 297 Å². The highest BCUT2D eigenvalue weighted by Gasteiger charge is 2.18. The number of para-hydroxylation sites is 1. The van der Waals surface area contributed by atoms with Crippen molar-refractivity contribution in [3.63, 3.8) is 0 Å². The maximum absolute atomic E-state index is 8.25. The minimum absolute atomic E-state index is 0.873. The lowest BCUT2D eigenvalue weighted by Crippen LogP contribution is -1.96. The lowest BCUT2D eigenvalue weighted by atomic mass is 9.86. The second kappa shape index (κ2) is 12.6. The van der Waals surface area contributed by atoms with Crippen LogP contribution in [0.15, 0.2) is 183 Å². The molecule has 0 bridgehead atoms. The van der Waals surface area contributed by atoms with E-state index in [0.717, 1.165) is 39.0 Å². The zero-order valence-corrected chi connectivity index (χ0v) is 28.1. The number of aromatic nitrogens is 1. The van der Waals surface area contributed by atoms with E-state index < -0.39 is 0 Å². The second-order valence-electron chi connectivity index (χ2n) is 12.9. The first-order valence-electron chi connectivity index (χ1n) is 17.3. The van der Waals surface area contributed by atoms with Crippen molar-refractivity contribution >= 4 is 44.7 Å². The van der Waals surface area contributed by atoms with Crippen molar-refractivity contribution in [2.45, 2.75) is 0 Å². The highest BCUT2D eigenvalue weighted by Crippen LogP contribution is 2.44. The summed E-state index contributed by atoms with van der Waals surface area (Å²) in [5.74, 6) is 0. The van der Waals surface area contributed by atoms with Gasteiger partial charge in [0.2, 0.25) is 0 Å². The van der Waals surface area contributed by atoms with Crippen molar-refractivity contribution in [3.8, 4) is 50.2 Å². The van der Waals surface area contributed by atoms with E-state index in [0.29, 0.717) is 0 Å². The molecule has 0 unspecified atom stereocenters. The fraction of sp³-hybridized carbons (Fsp3) is 0. The van der Waals surface area contributed by atoms with Crippen molar-refractivity contribution in [2.75, 3.05) is 0 Å². The van der Waals surface area contributed by atoms with Gasteiger partial charge in [-0.2, -0.15) is 0 Å². The Morgan fingerprint density at radius 2 is 0.824 bits per heavy atom. The number of nitrogens with one attached hydrogen (secondary N) is 1. The Morgan fingerprint density at radius 1 is 0.412 bits per heavy atom. The molecule has 240 valence electrons. The summed E-state index contributed by atoms with van der Waals surface area (Å²) < 4.78 is 2.18. The van der Waals surface area contributed by atoms with Crippen LogP contribution >= 0.6 is 0 Å². The Hall–Kier alpha value is -6.77. The van der Waals surface area contributed by atoms with Gasteiger partial charge in [0.15, 0.2) is 0 Å².